The smallest absolute Gasteiger partial charge is 0.410 e. The van der Waals surface area contributed by atoms with Crippen LogP contribution in [0.25, 0.3) is 0 Å². The van der Waals surface area contributed by atoms with E-state index in [9.17, 15) is 4.79 Å². The molecule has 204 valence electrons. The van der Waals surface area contributed by atoms with E-state index in [1.54, 1.807) is 11.1 Å². The first-order valence-electron chi connectivity index (χ1n) is 14.1. The Kier molecular flexibility index (Phi) is 12.3. The lowest BCUT2D eigenvalue weighted by Crippen LogP contribution is -2.37. The van der Waals surface area contributed by atoms with Crippen molar-refractivity contribution < 1.29 is 14.3 Å². The molecule has 0 N–H and O–H groups in total. The van der Waals surface area contributed by atoms with Crippen molar-refractivity contribution in [1.29, 1.82) is 0 Å². The molecule has 0 spiro atoms. The molecule has 2 heterocycles. The van der Waals surface area contributed by atoms with Crippen molar-refractivity contribution in [3.05, 3.63) is 17.7 Å². The highest BCUT2D eigenvalue weighted by molar-refractivity contribution is 5.69. The second-order valence-corrected chi connectivity index (χ2v) is 12.4. The van der Waals surface area contributed by atoms with Crippen LogP contribution < -0.4 is 0 Å². The van der Waals surface area contributed by atoms with Gasteiger partial charge in [-0.05, 0) is 51.9 Å². The fourth-order valence-corrected chi connectivity index (χ4v) is 4.73. The van der Waals surface area contributed by atoms with Crippen LogP contribution in [0.3, 0.4) is 0 Å². The summed E-state index contributed by atoms with van der Waals surface area (Å²) >= 11 is 0. The molecule has 2 rings (SSSR count). The van der Waals surface area contributed by atoms with Crippen molar-refractivity contribution in [3.8, 4) is 12.3 Å². The van der Waals surface area contributed by atoms with Crippen LogP contribution in [0, 0.1) is 17.8 Å². The van der Waals surface area contributed by atoms with Gasteiger partial charge >= 0.3 is 6.09 Å². The summed E-state index contributed by atoms with van der Waals surface area (Å²) in [6.07, 6.45) is 21.9. The predicted octanol–water partition coefficient (Wildman–Crippen LogP) is 7.86. The minimum atomic E-state index is -0.529. The first-order valence-corrected chi connectivity index (χ1v) is 14.1. The number of amides is 1. The average molecular weight is 502 g/mol. The lowest BCUT2D eigenvalue weighted by molar-refractivity contribution is 0.0201. The molecule has 1 atom stereocenters. The first kappa shape index (κ1) is 30.2. The summed E-state index contributed by atoms with van der Waals surface area (Å²) < 4.78 is 13.5. The summed E-state index contributed by atoms with van der Waals surface area (Å²) in [5.74, 6) is 3.49. The number of unbranched alkanes of at least 4 members (excludes halogenated alkanes) is 8. The third-order valence-electron chi connectivity index (χ3n) is 6.65. The zero-order valence-electron chi connectivity index (χ0n) is 23.9. The van der Waals surface area contributed by atoms with E-state index in [1.165, 1.54) is 57.8 Å². The van der Waals surface area contributed by atoms with Gasteiger partial charge < -0.3 is 9.47 Å². The summed E-state index contributed by atoms with van der Waals surface area (Å²) in [5.41, 5.74) is 0.628. The normalized spacial score (nSPS) is 16.4. The van der Waals surface area contributed by atoms with Gasteiger partial charge in [0.2, 0.25) is 0 Å². The quantitative estimate of drug-likeness (QED) is 0.192. The molecule has 1 aromatic heterocycles. The molecule has 1 aliphatic heterocycles. The number of likely N-dealkylation sites (tertiary alicyclic amines) is 1. The van der Waals surface area contributed by atoms with Gasteiger partial charge in [-0.15, -0.1) is 6.42 Å². The molecule has 1 aliphatic rings. The minimum absolute atomic E-state index is 0.140. The van der Waals surface area contributed by atoms with Crippen LogP contribution in [0.2, 0.25) is 0 Å². The van der Waals surface area contributed by atoms with E-state index in [1.807, 2.05) is 25.3 Å². The molecule has 0 aliphatic carbocycles. The Hall–Kier alpha value is -2.00. The number of hydrogen-bond acceptors (Lipinski definition) is 4. The van der Waals surface area contributed by atoms with E-state index < -0.39 is 5.60 Å². The van der Waals surface area contributed by atoms with Gasteiger partial charge in [0.15, 0.2) is 0 Å². The van der Waals surface area contributed by atoms with Crippen molar-refractivity contribution >= 4 is 6.09 Å². The Labute approximate surface area is 220 Å². The predicted molar refractivity (Wildman–Crippen MR) is 147 cm³/mol. The Morgan fingerprint density at radius 2 is 1.64 bits per heavy atom. The van der Waals surface area contributed by atoms with Crippen LogP contribution in [0.5, 0.6) is 0 Å². The van der Waals surface area contributed by atoms with E-state index in [2.05, 4.69) is 31.7 Å². The highest BCUT2D eigenvalue weighted by atomic mass is 16.6. The zero-order valence-corrected chi connectivity index (χ0v) is 23.9. The van der Waals surface area contributed by atoms with Crippen LogP contribution in [-0.4, -0.2) is 39.3 Å². The van der Waals surface area contributed by atoms with E-state index >= 15 is 0 Å². The SMILES string of the molecule is C#Cc1cnc(C2CCCN2C(=O)OC(C)(C)C)n1COCCCCCCCCCCCC(C)(C)C. The molecular formula is C30H51N3O3. The van der Waals surface area contributed by atoms with Gasteiger partial charge in [-0.1, -0.05) is 78.1 Å². The second-order valence-electron chi connectivity index (χ2n) is 12.4. The number of imidazole rings is 1. The number of carbonyl (C=O) groups excluding carboxylic acids is 1. The fraction of sp³-hybridized carbons (Fsp3) is 0.800. The van der Waals surface area contributed by atoms with E-state index in [-0.39, 0.29) is 12.1 Å². The third kappa shape index (κ3) is 10.9. The number of ether oxygens (including phenoxy) is 2. The molecule has 36 heavy (non-hydrogen) atoms. The fourth-order valence-electron chi connectivity index (χ4n) is 4.73. The minimum Gasteiger partial charge on any atom is -0.444 e. The van der Waals surface area contributed by atoms with E-state index in [4.69, 9.17) is 15.9 Å². The summed E-state index contributed by atoms with van der Waals surface area (Å²) in [5, 5.41) is 0. The van der Waals surface area contributed by atoms with Crippen LogP contribution in [0.4, 0.5) is 4.79 Å². The maximum absolute atomic E-state index is 12.7. The Morgan fingerprint density at radius 1 is 1.03 bits per heavy atom. The Morgan fingerprint density at radius 3 is 2.22 bits per heavy atom. The number of hydrogen-bond donors (Lipinski definition) is 0. The lowest BCUT2D eigenvalue weighted by Gasteiger charge is -2.28. The highest BCUT2D eigenvalue weighted by Gasteiger charge is 2.36. The molecule has 1 amide bonds. The maximum Gasteiger partial charge on any atom is 0.410 e. The Bertz CT molecular complexity index is 826. The van der Waals surface area contributed by atoms with Crippen LogP contribution >= 0.6 is 0 Å². The van der Waals surface area contributed by atoms with Gasteiger partial charge in [0.25, 0.3) is 0 Å². The number of carbonyl (C=O) groups is 1. The van der Waals surface area contributed by atoms with Crippen molar-refractivity contribution in [2.24, 2.45) is 5.41 Å². The first-order chi connectivity index (χ1) is 17.0. The van der Waals surface area contributed by atoms with Gasteiger partial charge in [-0.25, -0.2) is 9.78 Å². The van der Waals surface area contributed by atoms with Crippen molar-refractivity contribution in [2.75, 3.05) is 13.2 Å². The molecule has 1 aromatic rings. The molecule has 6 heteroatoms. The van der Waals surface area contributed by atoms with Crippen molar-refractivity contribution in [3.63, 3.8) is 0 Å². The molecule has 0 bridgehead atoms. The summed E-state index contributed by atoms with van der Waals surface area (Å²) in [4.78, 5) is 19.1. The molecule has 1 unspecified atom stereocenters. The van der Waals surface area contributed by atoms with Crippen LogP contribution in [0.1, 0.15) is 136 Å². The molecule has 1 saturated heterocycles. The standard InChI is InChI=1S/C30H51N3O3/c1-8-25-23-31-27(26-19-18-21-32(26)28(34)36-30(5,6)7)33(25)24-35-22-17-15-13-11-9-10-12-14-16-20-29(2,3)4/h1,23,26H,9-22,24H2,2-7H3. The highest BCUT2D eigenvalue weighted by Crippen LogP contribution is 2.33. The monoisotopic (exact) mass is 501 g/mol. The lowest BCUT2D eigenvalue weighted by atomic mass is 9.89. The van der Waals surface area contributed by atoms with Gasteiger partial charge in [0, 0.05) is 13.2 Å². The summed E-state index contributed by atoms with van der Waals surface area (Å²) in [6, 6.07) is -0.140. The van der Waals surface area contributed by atoms with E-state index in [0.29, 0.717) is 31.0 Å². The average Bonchev–Trinajstić information content (AvgIpc) is 3.41. The summed E-state index contributed by atoms with van der Waals surface area (Å²) in [6.45, 7) is 14.4. The molecule has 0 radical (unpaired) electrons. The number of terminal acetylenes is 1. The zero-order chi connectivity index (χ0) is 26.6. The van der Waals surface area contributed by atoms with E-state index in [0.717, 1.165) is 25.1 Å². The topological polar surface area (TPSA) is 56.6 Å². The van der Waals surface area contributed by atoms with Crippen molar-refractivity contribution in [1.82, 2.24) is 14.5 Å². The molecule has 0 aromatic carbocycles. The number of aromatic nitrogens is 2. The molecule has 1 fully saturated rings. The summed E-state index contributed by atoms with van der Waals surface area (Å²) in [7, 11) is 0. The molecule has 0 saturated carbocycles. The Balaban J connectivity index is 1.68. The number of rotatable bonds is 14. The van der Waals surface area contributed by atoms with Gasteiger partial charge in [0.1, 0.15) is 23.9 Å². The largest absolute Gasteiger partial charge is 0.444 e. The molecular weight excluding hydrogens is 450 g/mol. The molecule has 6 nitrogen and oxygen atoms in total. The van der Waals surface area contributed by atoms with Gasteiger partial charge in [0.05, 0.1) is 12.2 Å². The van der Waals surface area contributed by atoms with Crippen LogP contribution in [-0.2, 0) is 16.2 Å². The van der Waals surface area contributed by atoms with Gasteiger partial charge in [-0.2, -0.15) is 0 Å². The number of nitrogens with zero attached hydrogens (tertiary/aromatic N) is 3. The van der Waals surface area contributed by atoms with Crippen LogP contribution in [0.15, 0.2) is 6.20 Å². The third-order valence-corrected chi connectivity index (χ3v) is 6.65. The maximum atomic E-state index is 12.7. The second kappa shape index (κ2) is 14.7. The van der Waals surface area contributed by atoms with Crippen molar-refractivity contribution in [2.45, 2.75) is 137 Å². The van der Waals surface area contributed by atoms with Gasteiger partial charge in [-0.3, -0.25) is 9.47 Å².